The minimum absolute atomic E-state index is 0.602. The summed E-state index contributed by atoms with van der Waals surface area (Å²) in [6.45, 7) is 6.87. The lowest BCUT2D eigenvalue weighted by Crippen LogP contribution is -1.95. The van der Waals surface area contributed by atoms with Gasteiger partial charge in [-0.25, -0.2) is 0 Å². The highest BCUT2D eigenvalue weighted by atomic mass is 16.5. The molecule has 0 aliphatic heterocycles. The van der Waals surface area contributed by atoms with Gasteiger partial charge in [-0.1, -0.05) is 54.6 Å². The van der Waals surface area contributed by atoms with Gasteiger partial charge in [0.15, 0.2) is 0 Å². The molecule has 0 radical (unpaired) electrons. The monoisotopic (exact) mass is 278 g/mol. The quantitative estimate of drug-likeness (QED) is 0.643. The SMILES string of the molecule is C/C=C(C)\C(=C/C)c1ccc(OCc2ccccc2)cc1. The smallest absolute Gasteiger partial charge is 0.119 e. The Kier molecular flexibility index (Phi) is 5.39. The van der Waals surface area contributed by atoms with E-state index in [2.05, 4.69) is 57.2 Å². The van der Waals surface area contributed by atoms with Crippen molar-refractivity contribution in [3.63, 3.8) is 0 Å². The van der Waals surface area contributed by atoms with Crippen LogP contribution in [0.5, 0.6) is 5.75 Å². The summed E-state index contributed by atoms with van der Waals surface area (Å²) in [4.78, 5) is 0. The van der Waals surface area contributed by atoms with Crippen LogP contribution in [0, 0.1) is 0 Å². The van der Waals surface area contributed by atoms with Crippen LogP contribution in [0.2, 0.25) is 0 Å². The lowest BCUT2D eigenvalue weighted by molar-refractivity contribution is 0.306. The normalized spacial score (nSPS) is 12.3. The van der Waals surface area contributed by atoms with E-state index in [0.717, 1.165) is 5.75 Å². The maximum Gasteiger partial charge on any atom is 0.119 e. The molecule has 0 aromatic heterocycles. The molecule has 2 rings (SSSR count). The first kappa shape index (κ1) is 15.1. The average Bonchev–Trinajstić information content (AvgIpc) is 2.55. The molecule has 0 aliphatic rings. The van der Waals surface area contributed by atoms with Gasteiger partial charge in [0.05, 0.1) is 0 Å². The maximum atomic E-state index is 5.81. The second-order valence-electron chi connectivity index (χ2n) is 4.97. The van der Waals surface area contributed by atoms with Crippen molar-refractivity contribution < 1.29 is 4.74 Å². The van der Waals surface area contributed by atoms with Gasteiger partial charge < -0.3 is 4.74 Å². The molecule has 1 heteroatoms. The zero-order chi connectivity index (χ0) is 15.1. The minimum atomic E-state index is 0.602. The van der Waals surface area contributed by atoms with Crippen molar-refractivity contribution in [1.82, 2.24) is 0 Å². The summed E-state index contributed by atoms with van der Waals surface area (Å²) in [7, 11) is 0. The van der Waals surface area contributed by atoms with E-state index in [1.165, 1.54) is 22.3 Å². The van der Waals surface area contributed by atoms with E-state index in [1.54, 1.807) is 0 Å². The Morgan fingerprint density at radius 3 is 2.14 bits per heavy atom. The fraction of sp³-hybridized carbons (Fsp3) is 0.200. The van der Waals surface area contributed by atoms with E-state index < -0.39 is 0 Å². The predicted molar refractivity (Wildman–Crippen MR) is 90.3 cm³/mol. The largest absolute Gasteiger partial charge is 0.489 e. The molecular weight excluding hydrogens is 256 g/mol. The molecule has 0 saturated carbocycles. The average molecular weight is 278 g/mol. The van der Waals surface area contributed by atoms with Crippen LogP contribution in [0.15, 0.2) is 72.3 Å². The lowest BCUT2D eigenvalue weighted by atomic mass is 9.99. The standard InChI is InChI=1S/C20H22O/c1-4-16(3)20(5-2)18-11-13-19(14-12-18)21-15-17-9-7-6-8-10-17/h4-14H,15H2,1-3H3/b16-4-,20-5+. The molecule has 0 N–H and O–H groups in total. The van der Waals surface area contributed by atoms with Gasteiger partial charge in [0.25, 0.3) is 0 Å². The first-order valence-electron chi connectivity index (χ1n) is 7.31. The molecule has 0 saturated heterocycles. The lowest BCUT2D eigenvalue weighted by Gasteiger charge is -2.10. The highest BCUT2D eigenvalue weighted by molar-refractivity contribution is 5.78. The Hall–Kier alpha value is -2.28. The van der Waals surface area contributed by atoms with Gasteiger partial charge in [0.2, 0.25) is 0 Å². The summed E-state index contributed by atoms with van der Waals surface area (Å²) in [5.74, 6) is 0.899. The maximum absolute atomic E-state index is 5.81. The Balaban J connectivity index is 2.05. The van der Waals surface area contributed by atoms with E-state index in [1.807, 2.05) is 30.3 Å². The van der Waals surface area contributed by atoms with Crippen LogP contribution in [-0.2, 0) is 6.61 Å². The van der Waals surface area contributed by atoms with Crippen molar-refractivity contribution in [3.05, 3.63) is 83.4 Å². The molecule has 21 heavy (non-hydrogen) atoms. The van der Waals surface area contributed by atoms with Gasteiger partial charge in [-0.2, -0.15) is 0 Å². The summed E-state index contributed by atoms with van der Waals surface area (Å²) in [5, 5.41) is 0. The summed E-state index contributed by atoms with van der Waals surface area (Å²) in [6.07, 6.45) is 4.28. The van der Waals surface area contributed by atoms with Gasteiger partial charge in [0.1, 0.15) is 12.4 Å². The molecule has 2 aromatic rings. The van der Waals surface area contributed by atoms with Crippen LogP contribution in [-0.4, -0.2) is 0 Å². The molecule has 1 nitrogen and oxygen atoms in total. The molecule has 108 valence electrons. The van der Waals surface area contributed by atoms with E-state index in [-0.39, 0.29) is 0 Å². The van der Waals surface area contributed by atoms with Gasteiger partial charge >= 0.3 is 0 Å². The minimum Gasteiger partial charge on any atom is -0.489 e. The van der Waals surface area contributed by atoms with Crippen LogP contribution >= 0.6 is 0 Å². The molecule has 0 heterocycles. The van der Waals surface area contributed by atoms with Crippen molar-refractivity contribution >= 4 is 5.57 Å². The molecule has 0 atom stereocenters. The molecular formula is C20H22O. The summed E-state index contributed by atoms with van der Waals surface area (Å²) in [5.41, 5.74) is 4.96. The van der Waals surface area contributed by atoms with E-state index in [4.69, 9.17) is 4.74 Å². The first-order chi connectivity index (χ1) is 10.2. The second-order valence-corrected chi connectivity index (χ2v) is 4.97. The van der Waals surface area contributed by atoms with Crippen LogP contribution < -0.4 is 4.74 Å². The zero-order valence-corrected chi connectivity index (χ0v) is 13.0. The summed E-state index contributed by atoms with van der Waals surface area (Å²) >= 11 is 0. The Morgan fingerprint density at radius 2 is 1.57 bits per heavy atom. The number of benzene rings is 2. The Morgan fingerprint density at radius 1 is 0.905 bits per heavy atom. The Bertz CT molecular complexity index is 619. The van der Waals surface area contributed by atoms with E-state index in [0.29, 0.717) is 6.61 Å². The van der Waals surface area contributed by atoms with Gasteiger partial charge in [-0.05, 0) is 55.2 Å². The topological polar surface area (TPSA) is 9.23 Å². The third-order valence-corrected chi connectivity index (χ3v) is 3.56. The highest BCUT2D eigenvalue weighted by Crippen LogP contribution is 2.25. The Labute approximate surface area is 127 Å². The van der Waals surface area contributed by atoms with Crippen molar-refractivity contribution in [2.75, 3.05) is 0 Å². The van der Waals surface area contributed by atoms with Crippen molar-refractivity contribution in [2.24, 2.45) is 0 Å². The number of hydrogen-bond donors (Lipinski definition) is 0. The van der Waals surface area contributed by atoms with Crippen LogP contribution in [0.3, 0.4) is 0 Å². The molecule has 0 aliphatic carbocycles. The van der Waals surface area contributed by atoms with Crippen LogP contribution in [0.25, 0.3) is 5.57 Å². The molecule has 0 unspecified atom stereocenters. The van der Waals surface area contributed by atoms with Crippen molar-refractivity contribution in [1.29, 1.82) is 0 Å². The summed E-state index contributed by atoms with van der Waals surface area (Å²) in [6, 6.07) is 18.5. The van der Waals surface area contributed by atoms with E-state index in [9.17, 15) is 0 Å². The van der Waals surface area contributed by atoms with E-state index >= 15 is 0 Å². The molecule has 0 bridgehead atoms. The fourth-order valence-electron chi connectivity index (χ4n) is 2.25. The number of hydrogen-bond acceptors (Lipinski definition) is 1. The fourth-order valence-corrected chi connectivity index (χ4v) is 2.25. The van der Waals surface area contributed by atoms with Gasteiger partial charge in [-0.15, -0.1) is 0 Å². The number of rotatable bonds is 5. The number of ether oxygens (including phenoxy) is 1. The first-order valence-corrected chi connectivity index (χ1v) is 7.31. The third kappa shape index (κ3) is 4.09. The second kappa shape index (κ2) is 7.49. The zero-order valence-electron chi connectivity index (χ0n) is 13.0. The van der Waals surface area contributed by atoms with Crippen molar-refractivity contribution in [3.8, 4) is 5.75 Å². The van der Waals surface area contributed by atoms with Crippen LogP contribution in [0.4, 0.5) is 0 Å². The van der Waals surface area contributed by atoms with Crippen LogP contribution in [0.1, 0.15) is 31.9 Å². The predicted octanol–water partition coefficient (Wildman–Crippen LogP) is 5.64. The molecule has 2 aromatic carbocycles. The summed E-state index contributed by atoms with van der Waals surface area (Å²) < 4.78 is 5.81. The molecule has 0 spiro atoms. The highest BCUT2D eigenvalue weighted by Gasteiger charge is 2.03. The molecule has 0 amide bonds. The van der Waals surface area contributed by atoms with Crippen molar-refractivity contribution in [2.45, 2.75) is 27.4 Å². The van der Waals surface area contributed by atoms with Gasteiger partial charge in [-0.3, -0.25) is 0 Å². The molecule has 0 fully saturated rings. The number of allylic oxidation sites excluding steroid dienone is 4. The third-order valence-electron chi connectivity index (χ3n) is 3.56. The van der Waals surface area contributed by atoms with Gasteiger partial charge in [0, 0.05) is 0 Å².